The van der Waals surface area contributed by atoms with Gasteiger partial charge in [-0.1, -0.05) is 5.11 Å². The van der Waals surface area contributed by atoms with E-state index in [9.17, 15) is 0 Å². The second kappa shape index (κ2) is 5.54. The molecule has 2 aromatic heterocycles. The Bertz CT molecular complexity index is 851. The van der Waals surface area contributed by atoms with E-state index < -0.39 is 0 Å². The number of imidazole rings is 2. The van der Waals surface area contributed by atoms with Gasteiger partial charge >= 0.3 is 5.95 Å². The molecule has 0 aliphatic heterocycles. The van der Waals surface area contributed by atoms with Crippen molar-refractivity contribution in [1.82, 2.24) is 13.7 Å². The van der Waals surface area contributed by atoms with Gasteiger partial charge in [-0.3, -0.25) is 0 Å². The van der Waals surface area contributed by atoms with Gasteiger partial charge in [0.15, 0.2) is 6.34 Å². The Morgan fingerprint density at radius 1 is 1.17 bits per heavy atom. The third kappa shape index (κ3) is 2.16. The predicted molar refractivity (Wildman–Crippen MR) is 88.5 cm³/mol. The van der Waals surface area contributed by atoms with Crippen molar-refractivity contribution in [1.29, 1.82) is 0 Å². The molecule has 0 aromatic carbocycles. The smallest absolute Gasteiger partial charge is 0.319 e. The summed E-state index contributed by atoms with van der Waals surface area (Å²) in [6, 6.07) is 0. The zero-order valence-electron chi connectivity index (χ0n) is 14.4. The average Bonchev–Trinajstić information content (AvgIpc) is 3.07. The van der Waals surface area contributed by atoms with Crippen LogP contribution in [0.25, 0.3) is 0 Å². The highest BCUT2D eigenvalue weighted by atomic mass is 15.4. The Morgan fingerprint density at radius 3 is 2.54 bits per heavy atom. The van der Waals surface area contributed by atoms with Crippen LogP contribution in [-0.4, -0.2) is 20.0 Å². The molecular weight excluding hydrogens is 304 g/mol. The second-order valence-electron chi connectivity index (χ2n) is 6.82. The number of rotatable bonds is 4. The first-order valence-electron chi connectivity index (χ1n) is 8.34. The topological polar surface area (TPSA) is 68.1 Å². The van der Waals surface area contributed by atoms with Gasteiger partial charge in [-0.2, -0.15) is 0 Å². The summed E-state index contributed by atoms with van der Waals surface area (Å²) in [6.45, 7) is 0. The summed E-state index contributed by atoms with van der Waals surface area (Å²) in [6.07, 6.45) is 14.6. The van der Waals surface area contributed by atoms with Crippen molar-refractivity contribution in [2.75, 3.05) is 0 Å². The Morgan fingerprint density at radius 2 is 1.96 bits per heavy atom. The number of aromatic nitrogens is 4. The van der Waals surface area contributed by atoms with Crippen molar-refractivity contribution in [3.63, 3.8) is 0 Å². The third-order valence-corrected chi connectivity index (χ3v) is 5.60. The van der Waals surface area contributed by atoms with Crippen molar-refractivity contribution in [3.8, 4) is 0 Å². The molecule has 2 aromatic rings. The van der Waals surface area contributed by atoms with Crippen LogP contribution in [-0.2, 0) is 26.7 Å². The number of nitrogens with zero attached hydrogens (tertiary/aromatic N) is 8. The maximum absolute atomic E-state index is 4.37. The van der Waals surface area contributed by atoms with E-state index in [1.807, 2.05) is 53.4 Å². The molecule has 2 heterocycles. The van der Waals surface area contributed by atoms with Gasteiger partial charge < -0.3 is 9.13 Å². The van der Waals surface area contributed by atoms with Crippen LogP contribution in [0, 0.1) is 5.92 Å². The van der Waals surface area contributed by atoms with Crippen LogP contribution in [0.4, 0.5) is 5.95 Å². The molecular formula is C16H23N8+. The lowest BCUT2D eigenvalue weighted by atomic mass is 9.53. The van der Waals surface area contributed by atoms with Crippen LogP contribution in [0.1, 0.15) is 25.7 Å². The summed E-state index contributed by atoms with van der Waals surface area (Å²) in [4.78, 5) is 0. The highest BCUT2D eigenvalue weighted by Crippen LogP contribution is 2.58. The fraction of sp³-hybridized carbons (Fsp3) is 0.562. The molecule has 0 amide bonds. The molecule has 0 atom stereocenters. The minimum atomic E-state index is 0.300. The summed E-state index contributed by atoms with van der Waals surface area (Å²) in [5.41, 5.74) is 1.17. The average molecular weight is 327 g/mol. The van der Waals surface area contributed by atoms with Gasteiger partial charge in [0.1, 0.15) is 0 Å². The van der Waals surface area contributed by atoms with Gasteiger partial charge in [0.2, 0.25) is 5.62 Å². The summed E-state index contributed by atoms with van der Waals surface area (Å²) in [7, 11) is 5.85. The largest absolute Gasteiger partial charge is 0.421 e. The van der Waals surface area contributed by atoms with Crippen LogP contribution in [0.2, 0.25) is 0 Å². The first-order chi connectivity index (χ1) is 11.6. The molecule has 2 saturated carbocycles. The van der Waals surface area contributed by atoms with Crippen LogP contribution >= 0.6 is 0 Å². The lowest BCUT2D eigenvalue weighted by Crippen LogP contribution is -2.59. The molecule has 0 unspecified atom stereocenters. The first-order valence-corrected chi connectivity index (χ1v) is 8.34. The van der Waals surface area contributed by atoms with Crippen molar-refractivity contribution in [2.45, 2.75) is 31.2 Å². The number of azo groups is 1. The van der Waals surface area contributed by atoms with E-state index in [4.69, 9.17) is 0 Å². The molecule has 0 N–H and O–H groups in total. The molecule has 0 spiro atoms. The van der Waals surface area contributed by atoms with Crippen molar-refractivity contribution < 1.29 is 4.57 Å². The van der Waals surface area contributed by atoms with Gasteiger partial charge in [0, 0.05) is 24.6 Å². The molecule has 2 aliphatic carbocycles. The number of hydrogen-bond acceptors (Lipinski definition) is 3. The normalized spacial score (nSPS) is 26.8. The van der Waals surface area contributed by atoms with E-state index >= 15 is 0 Å². The first kappa shape index (κ1) is 15.0. The molecule has 0 bridgehead atoms. The Hall–Kier alpha value is -2.51. The van der Waals surface area contributed by atoms with Gasteiger partial charge in [-0.05, 0) is 31.6 Å². The Kier molecular flexibility index (Phi) is 3.47. The van der Waals surface area contributed by atoms with Gasteiger partial charge in [-0.15, -0.1) is 10.2 Å². The van der Waals surface area contributed by atoms with Crippen LogP contribution in [0.15, 0.2) is 45.2 Å². The van der Waals surface area contributed by atoms with Crippen molar-refractivity contribution >= 4 is 12.3 Å². The Labute approximate surface area is 140 Å². The highest BCUT2D eigenvalue weighted by Gasteiger charge is 2.55. The quantitative estimate of drug-likeness (QED) is 0.269. The summed E-state index contributed by atoms with van der Waals surface area (Å²) >= 11 is 0. The molecule has 0 saturated heterocycles. The zero-order chi connectivity index (χ0) is 16.7. The third-order valence-electron chi connectivity index (χ3n) is 5.60. The Balaban J connectivity index is 1.55. The summed E-state index contributed by atoms with van der Waals surface area (Å²) in [5, 5.41) is 16.6. The maximum Gasteiger partial charge on any atom is 0.421 e. The predicted octanol–water partition coefficient (Wildman–Crippen LogP) is 1.52. The molecule has 8 heteroatoms. The van der Waals surface area contributed by atoms with Crippen molar-refractivity contribution in [2.24, 2.45) is 47.5 Å². The SMILES string of the molecule is Cn1cc[n+](C)c1N=N/C=N/N=c1\n(C)ccn1C12CCC1CC2. The fourth-order valence-electron chi connectivity index (χ4n) is 3.91. The standard InChI is InChI=1S/C16H23N8/c1-21-8-9-22(2)14(21)19-17-12-18-20-15-23(3)10-11-24(15)16-6-4-13(16)5-7-16/h8-13H,4-7H2,1-3H3/q+1. The maximum atomic E-state index is 4.37. The molecule has 2 aliphatic rings. The van der Waals surface area contributed by atoms with E-state index in [0.717, 1.165) is 17.5 Å². The molecule has 2 fully saturated rings. The van der Waals surface area contributed by atoms with Crippen molar-refractivity contribution in [3.05, 3.63) is 30.4 Å². The van der Waals surface area contributed by atoms with Crippen LogP contribution in [0.3, 0.4) is 0 Å². The fourth-order valence-corrected chi connectivity index (χ4v) is 3.91. The van der Waals surface area contributed by atoms with E-state index in [1.165, 1.54) is 32.0 Å². The van der Waals surface area contributed by atoms with E-state index in [-0.39, 0.29) is 0 Å². The molecule has 0 radical (unpaired) electrons. The van der Waals surface area contributed by atoms with Gasteiger partial charge in [-0.25, -0.2) is 9.13 Å². The van der Waals surface area contributed by atoms with Gasteiger partial charge in [0.25, 0.3) is 0 Å². The summed E-state index contributed by atoms with van der Waals surface area (Å²) in [5.74, 6) is 1.57. The molecule has 4 rings (SSSR count). The minimum Gasteiger partial charge on any atom is -0.319 e. The molecule has 8 nitrogen and oxygen atoms in total. The number of aryl methyl sites for hydroxylation is 3. The van der Waals surface area contributed by atoms with Crippen LogP contribution in [0.5, 0.6) is 0 Å². The molecule has 126 valence electrons. The lowest BCUT2D eigenvalue weighted by molar-refractivity contribution is -0.657. The highest BCUT2D eigenvalue weighted by molar-refractivity contribution is 5.54. The number of fused-ring (bicyclic) bond motifs is 1. The minimum absolute atomic E-state index is 0.300. The molecule has 24 heavy (non-hydrogen) atoms. The summed E-state index contributed by atoms with van der Waals surface area (Å²) < 4.78 is 8.10. The lowest BCUT2D eigenvalue weighted by Gasteiger charge is -2.59. The van der Waals surface area contributed by atoms with E-state index in [1.54, 1.807) is 0 Å². The van der Waals surface area contributed by atoms with Gasteiger partial charge in [0.05, 0.1) is 32.0 Å². The monoisotopic (exact) mass is 327 g/mol. The zero-order valence-corrected chi connectivity index (χ0v) is 14.4. The van der Waals surface area contributed by atoms with Crippen LogP contribution < -0.4 is 10.2 Å². The second-order valence-corrected chi connectivity index (χ2v) is 6.82. The number of hydrogen-bond donors (Lipinski definition) is 0. The van der Waals surface area contributed by atoms with E-state index in [2.05, 4.69) is 31.2 Å². The van der Waals surface area contributed by atoms with E-state index in [0.29, 0.717) is 5.54 Å².